The van der Waals surface area contributed by atoms with E-state index in [0.29, 0.717) is 39.3 Å². The second-order valence-electron chi connectivity index (χ2n) is 15.8. The average Bonchev–Trinajstić information content (AvgIpc) is 3.47. The summed E-state index contributed by atoms with van der Waals surface area (Å²) in [6.45, 7) is 0.0387. The second-order valence-corrected chi connectivity index (χ2v) is 15.8. The zero-order chi connectivity index (χ0) is 44.3. The summed E-state index contributed by atoms with van der Waals surface area (Å²) in [6.07, 6.45) is 3.02. The van der Waals surface area contributed by atoms with Gasteiger partial charge in [-0.2, -0.15) is 0 Å². The molecule has 14 heteroatoms. The number of aromatic hydroxyl groups is 2. The third-order valence-electron chi connectivity index (χ3n) is 12.9. The number of ether oxygens (including phenoxy) is 4. The SMILES string of the molecule is COc1ccc(OC)c2c1CN1C(=O)N3Cc4c(c(OC)c(N=Cc5ccccc5O)c(N=Cc5ccccc5O)c4OC)CN4C(=O)N(C2)C1(c1ccccc1)C34c1ccccc1. The molecule has 2 N–H and O–H groups in total. The number of urea groups is 2. The lowest BCUT2D eigenvalue weighted by molar-refractivity contribution is -0.0795. The number of carbonyl (C=O) groups is 2. The Hall–Kier alpha value is -8.00. The number of methoxy groups -OCH3 is 4. The monoisotopic (exact) mass is 856 g/mol. The molecular formula is C50H44N6O8. The number of rotatable bonds is 10. The minimum absolute atomic E-state index is 0.0111. The maximum Gasteiger partial charge on any atom is 0.325 e. The molecule has 0 aromatic heterocycles. The molecule has 10 rings (SSSR count). The van der Waals surface area contributed by atoms with E-state index in [1.165, 1.54) is 26.6 Å². The maximum atomic E-state index is 16.1. The number of nitrogens with zero attached hydrogens (tertiary/aromatic N) is 6. The first kappa shape index (κ1) is 40.1. The lowest BCUT2D eigenvalue weighted by Crippen LogP contribution is -2.62. The van der Waals surface area contributed by atoms with Gasteiger partial charge in [-0.3, -0.25) is 19.6 Å². The largest absolute Gasteiger partial charge is 0.507 e. The fraction of sp³-hybridized carbons (Fsp3) is 0.200. The summed E-state index contributed by atoms with van der Waals surface area (Å²) in [5.41, 5.74) is 2.33. The molecule has 322 valence electrons. The highest BCUT2D eigenvalue weighted by Gasteiger charge is 2.81. The number of amides is 4. The van der Waals surface area contributed by atoms with Crippen LogP contribution in [0.25, 0.3) is 0 Å². The van der Waals surface area contributed by atoms with Gasteiger partial charge in [-0.05, 0) is 36.4 Å². The van der Waals surface area contributed by atoms with Crippen molar-refractivity contribution < 1.29 is 38.7 Å². The number of benzene rings is 6. The molecule has 6 aromatic carbocycles. The summed E-state index contributed by atoms with van der Waals surface area (Å²) in [5.74, 6) is 1.71. The van der Waals surface area contributed by atoms with Gasteiger partial charge in [0, 0.05) is 56.9 Å². The Bertz CT molecular complexity index is 2750. The lowest BCUT2D eigenvalue weighted by Gasteiger charge is -2.49. The van der Waals surface area contributed by atoms with Crippen LogP contribution in [0, 0.1) is 0 Å². The lowest BCUT2D eigenvalue weighted by atomic mass is 9.79. The quantitative estimate of drug-likeness (QED) is 0.130. The molecule has 4 amide bonds. The van der Waals surface area contributed by atoms with Crippen LogP contribution >= 0.6 is 0 Å². The van der Waals surface area contributed by atoms with Gasteiger partial charge >= 0.3 is 12.1 Å². The Balaban J connectivity index is 1.29. The number of fused-ring (bicyclic) bond motifs is 2. The summed E-state index contributed by atoms with van der Waals surface area (Å²) in [6, 6.07) is 35.9. The van der Waals surface area contributed by atoms with Crippen LogP contribution in [0.5, 0.6) is 34.5 Å². The number of carbonyl (C=O) groups excluding carboxylic acids is 2. The van der Waals surface area contributed by atoms with Gasteiger partial charge in [0.25, 0.3) is 0 Å². The van der Waals surface area contributed by atoms with Gasteiger partial charge in [0.2, 0.25) is 0 Å². The highest BCUT2D eigenvalue weighted by Crippen LogP contribution is 2.67. The third kappa shape index (κ3) is 5.50. The molecule has 4 aliphatic heterocycles. The summed E-state index contributed by atoms with van der Waals surface area (Å²) in [4.78, 5) is 49.1. The van der Waals surface area contributed by atoms with Gasteiger partial charge in [-0.15, -0.1) is 0 Å². The number of hydrogen-bond donors (Lipinski definition) is 2. The van der Waals surface area contributed by atoms with Crippen molar-refractivity contribution in [1.29, 1.82) is 0 Å². The summed E-state index contributed by atoms with van der Waals surface area (Å²) in [5, 5.41) is 21.6. The van der Waals surface area contributed by atoms with Crippen molar-refractivity contribution in [2.75, 3.05) is 28.4 Å². The summed E-state index contributed by atoms with van der Waals surface area (Å²) >= 11 is 0. The third-order valence-corrected chi connectivity index (χ3v) is 12.9. The molecule has 0 radical (unpaired) electrons. The highest BCUT2D eigenvalue weighted by atomic mass is 16.5. The van der Waals surface area contributed by atoms with Crippen LogP contribution in [-0.2, 0) is 37.5 Å². The predicted octanol–water partition coefficient (Wildman–Crippen LogP) is 8.54. The van der Waals surface area contributed by atoms with Gasteiger partial charge in [-0.1, -0.05) is 84.9 Å². The van der Waals surface area contributed by atoms with Crippen molar-refractivity contribution in [3.63, 3.8) is 0 Å². The molecule has 0 aliphatic carbocycles. The molecule has 0 atom stereocenters. The Labute approximate surface area is 369 Å². The normalized spacial score (nSPS) is 19.7. The number of para-hydroxylation sites is 2. The van der Waals surface area contributed by atoms with Gasteiger partial charge < -0.3 is 29.2 Å². The van der Waals surface area contributed by atoms with E-state index in [1.54, 1.807) is 82.4 Å². The van der Waals surface area contributed by atoms with Crippen LogP contribution < -0.4 is 18.9 Å². The highest BCUT2D eigenvalue weighted by molar-refractivity contribution is 5.95. The molecule has 0 unspecified atom stereocenters. The van der Waals surface area contributed by atoms with E-state index in [2.05, 4.69) is 0 Å². The van der Waals surface area contributed by atoms with E-state index in [1.807, 2.05) is 72.8 Å². The van der Waals surface area contributed by atoms with Crippen molar-refractivity contribution >= 4 is 35.9 Å². The second kappa shape index (κ2) is 15.4. The molecule has 4 heterocycles. The molecule has 14 nitrogen and oxygen atoms in total. The van der Waals surface area contributed by atoms with Crippen molar-refractivity contribution in [3.8, 4) is 34.5 Å². The summed E-state index contributed by atoms with van der Waals surface area (Å²) < 4.78 is 24.6. The van der Waals surface area contributed by atoms with Crippen LogP contribution in [0.15, 0.2) is 131 Å². The first-order valence-electron chi connectivity index (χ1n) is 20.7. The van der Waals surface area contributed by atoms with Crippen molar-refractivity contribution in [2.24, 2.45) is 9.98 Å². The van der Waals surface area contributed by atoms with E-state index in [-0.39, 0.29) is 72.6 Å². The smallest absolute Gasteiger partial charge is 0.325 e. The molecule has 64 heavy (non-hydrogen) atoms. The molecule has 2 fully saturated rings. The first-order valence-corrected chi connectivity index (χ1v) is 20.7. The van der Waals surface area contributed by atoms with E-state index < -0.39 is 11.3 Å². The van der Waals surface area contributed by atoms with Crippen molar-refractivity contribution in [2.45, 2.75) is 37.5 Å². The van der Waals surface area contributed by atoms with Crippen LogP contribution in [0.2, 0.25) is 0 Å². The first-order chi connectivity index (χ1) is 31.2. The van der Waals surface area contributed by atoms with Crippen LogP contribution in [-0.4, -0.2) is 82.7 Å². The molecule has 0 spiro atoms. The number of hydrogen-bond acceptors (Lipinski definition) is 10. The van der Waals surface area contributed by atoms with Crippen molar-refractivity contribution in [3.05, 3.63) is 166 Å². The minimum Gasteiger partial charge on any atom is -0.507 e. The Kier molecular flexibility index (Phi) is 9.66. The number of phenols is 2. The van der Waals surface area contributed by atoms with Crippen molar-refractivity contribution in [1.82, 2.24) is 19.6 Å². The number of aliphatic imine (C=N–C) groups is 2. The predicted molar refractivity (Wildman–Crippen MR) is 239 cm³/mol. The molecule has 4 aliphatic rings. The number of phenolic OH excluding ortho intramolecular Hbond substituents is 2. The van der Waals surface area contributed by atoms with Crippen LogP contribution in [0.3, 0.4) is 0 Å². The Morgan fingerprint density at radius 2 is 0.812 bits per heavy atom. The van der Waals surface area contributed by atoms with Gasteiger partial charge in [0.15, 0.2) is 22.8 Å². The summed E-state index contributed by atoms with van der Waals surface area (Å²) in [7, 11) is 6.22. The molecule has 2 saturated heterocycles. The van der Waals surface area contributed by atoms with Gasteiger partial charge in [0.1, 0.15) is 34.4 Å². The standard InChI is InChI=1S/C50H44N6O8/c1-61-41-23-24-42(62-2)36-28-54-48(60)56-30-38-37(29-55-47(59)53(27-35(36)41)49(54,33-17-7-5-8-18-33)50(55,56)34-19-9-6-10-20-34)45(63-3)43(51-25-31-15-11-13-21-39(31)57)44(46(38)64-4)52-26-32-16-12-14-22-40(32)58/h5-26,57-58H,27-30H2,1-4H3. The molecule has 6 aromatic rings. The van der Waals surface area contributed by atoms with Crippen LogP contribution in [0.1, 0.15) is 44.5 Å². The van der Waals surface area contributed by atoms with Crippen LogP contribution in [0.4, 0.5) is 21.0 Å². The minimum atomic E-state index is -1.51. The molecule has 0 saturated carbocycles. The fourth-order valence-corrected chi connectivity index (χ4v) is 10.2. The van der Waals surface area contributed by atoms with Gasteiger partial charge in [0.05, 0.1) is 54.6 Å². The van der Waals surface area contributed by atoms with E-state index in [4.69, 9.17) is 28.9 Å². The van der Waals surface area contributed by atoms with E-state index >= 15 is 9.59 Å². The van der Waals surface area contributed by atoms with Gasteiger partial charge in [-0.25, -0.2) is 19.6 Å². The fourth-order valence-electron chi connectivity index (χ4n) is 10.2. The molecular weight excluding hydrogens is 813 g/mol. The topological polar surface area (TPSA) is 149 Å². The average molecular weight is 857 g/mol. The Morgan fingerprint density at radius 3 is 1.16 bits per heavy atom. The zero-order valence-electron chi connectivity index (χ0n) is 35.6. The van der Waals surface area contributed by atoms with E-state index in [0.717, 1.165) is 16.7 Å². The molecule has 0 bridgehead atoms. The maximum absolute atomic E-state index is 16.1. The van der Waals surface area contributed by atoms with E-state index in [9.17, 15) is 10.2 Å². The zero-order valence-corrected chi connectivity index (χ0v) is 35.6. The Morgan fingerprint density at radius 1 is 0.469 bits per heavy atom.